The van der Waals surface area contributed by atoms with Crippen LogP contribution in [0.4, 0.5) is 34.8 Å². The van der Waals surface area contributed by atoms with Gasteiger partial charge in [-0.2, -0.15) is 5.10 Å². The lowest BCUT2D eigenvalue weighted by Crippen LogP contribution is -2.47. The topological polar surface area (TPSA) is 79.7 Å². The highest BCUT2D eigenvalue weighted by molar-refractivity contribution is 5.90. The Hall–Kier alpha value is -4.09. The number of alkyl halides is 3. The molecule has 0 saturated carbocycles. The molecule has 1 aliphatic rings. The summed E-state index contributed by atoms with van der Waals surface area (Å²) in [5, 5.41) is 6.81. The minimum Gasteiger partial charge on any atom is -0.406 e. The molecular weight excluding hydrogens is 470 g/mol. The average Bonchev–Trinajstić information content (AvgIpc) is 2.81. The summed E-state index contributed by atoms with van der Waals surface area (Å²) < 4.78 is 54.8. The number of halogens is 4. The Labute approximate surface area is 197 Å². The fourth-order valence-corrected chi connectivity index (χ4v) is 3.64. The van der Waals surface area contributed by atoms with Crippen molar-refractivity contribution in [1.29, 1.82) is 0 Å². The van der Waals surface area contributed by atoms with Gasteiger partial charge in [0.05, 0.1) is 0 Å². The molecule has 1 saturated heterocycles. The Morgan fingerprint density at radius 3 is 2.17 bits per heavy atom. The first-order chi connectivity index (χ1) is 16.7. The van der Waals surface area contributed by atoms with Crippen molar-refractivity contribution in [2.24, 2.45) is 0 Å². The van der Waals surface area contributed by atoms with E-state index in [1.165, 1.54) is 30.3 Å². The van der Waals surface area contributed by atoms with Gasteiger partial charge in [-0.05, 0) is 54.6 Å². The van der Waals surface area contributed by atoms with Gasteiger partial charge in [0.15, 0.2) is 0 Å². The molecule has 4 rings (SSSR count). The van der Waals surface area contributed by atoms with Crippen molar-refractivity contribution in [3.05, 3.63) is 76.8 Å². The van der Waals surface area contributed by atoms with Gasteiger partial charge >= 0.3 is 6.36 Å². The van der Waals surface area contributed by atoms with Crippen LogP contribution in [0, 0.1) is 5.82 Å². The summed E-state index contributed by atoms with van der Waals surface area (Å²) in [5.74, 6) is -0.747. The first kappa shape index (κ1) is 24.0. The van der Waals surface area contributed by atoms with E-state index in [-0.39, 0.29) is 18.0 Å². The van der Waals surface area contributed by atoms with Crippen molar-refractivity contribution in [3.8, 4) is 5.75 Å². The Bertz CT molecular complexity index is 1220. The monoisotopic (exact) mass is 491 g/mol. The molecule has 35 heavy (non-hydrogen) atoms. The minimum absolute atomic E-state index is 0.241. The van der Waals surface area contributed by atoms with Crippen molar-refractivity contribution in [3.63, 3.8) is 0 Å². The van der Waals surface area contributed by atoms with Gasteiger partial charge in [0.2, 0.25) is 5.91 Å². The van der Waals surface area contributed by atoms with E-state index >= 15 is 0 Å². The van der Waals surface area contributed by atoms with Crippen LogP contribution in [0.1, 0.15) is 0 Å². The summed E-state index contributed by atoms with van der Waals surface area (Å²) in [5.41, 5.74) is 0.687. The third-order valence-corrected chi connectivity index (χ3v) is 5.31. The number of amides is 1. The van der Waals surface area contributed by atoms with Gasteiger partial charge in [-0.25, -0.2) is 9.07 Å². The van der Waals surface area contributed by atoms with E-state index in [9.17, 15) is 27.2 Å². The zero-order valence-electron chi connectivity index (χ0n) is 18.3. The molecule has 1 fully saturated rings. The number of hydrogen-bond acceptors (Lipinski definition) is 6. The molecule has 1 N–H and O–H groups in total. The maximum Gasteiger partial charge on any atom is 0.573 e. The molecule has 8 nitrogen and oxygen atoms in total. The number of aromatic nitrogens is 2. The van der Waals surface area contributed by atoms with Crippen LogP contribution < -0.4 is 25.4 Å². The van der Waals surface area contributed by atoms with Gasteiger partial charge in [0, 0.05) is 43.6 Å². The highest BCUT2D eigenvalue weighted by atomic mass is 19.4. The molecule has 3 aromatic rings. The molecule has 12 heteroatoms. The van der Waals surface area contributed by atoms with Gasteiger partial charge in [0.25, 0.3) is 5.56 Å². The van der Waals surface area contributed by atoms with Gasteiger partial charge < -0.3 is 19.9 Å². The fourth-order valence-electron chi connectivity index (χ4n) is 3.64. The second kappa shape index (κ2) is 10.0. The van der Waals surface area contributed by atoms with Crippen molar-refractivity contribution >= 4 is 23.1 Å². The van der Waals surface area contributed by atoms with Crippen molar-refractivity contribution in [1.82, 2.24) is 9.78 Å². The average molecular weight is 491 g/mol. The highest BCUT2D eigenvalue weighted by Gasteiger charge is 2.31. The molecule has 0 radical (unpaired) electrons. The number of ether oxygens (including phenoxy) is 1. The van der Waals surface area contributed by atoms with E-state index in [2.05, 4.69) is 20.1 Å². The smallest absolute Gasteiger partial charge is 0.406 e. The Morgan fingerprint density at radius 1 is 0.914 bits per heavy atom. The Morgan fingerprint density at radius 2 is 1.54 bits per heavy atom. The molecule has 1 aromatic heterocycles. The highest BCUT2D eigenvalue weighted by Crippen LogP contribution is 2.24. The van der Waals surface area contributed by atoms with E-state index in [1.807, 2.05) is 4.90 Å². The lowest BCUT2D eigenvalue weighted by Gasteiger charge is -2.36. The Kier molecular flexibility index (Phi) is 6.90. The molecule has 0 bridgehead atoms. The van der Waals surface area contributed by atoms with Crippen LogP contribution in [-0.4, -0.2) is 48.2 Å². The standard InChI is InChI=1S/C23H21F4N5O3/c24-16-1-5-18(6-2-16)30-11-13-31(14-12-30)20-9-10-22(34)32(29-20)15-21(33)28-17-3-7-19(8-4-17)35-23(25,26)27/h1-10H,11-15H2,(H,28,33). The van der Waals surface area contributed by atoms with Crippen LogP contribution in [0.25, 0.3) is 0 Å². The number of nitrogens with one attached hydrogen (secondary N) is 1. The molecule has 2 heterocycles. The fraction of sp³-hybridized carbons (Fsp3) is 0.261. The zero-order chi connectivity index (χ0) is 25.0. The molecular formula is C23H21F4N5O3. The molecule has 184 valence electrons. The number of carbonyl (C=O) groups is 1. The third-order valence-electron chi connectivity index (χ3n) is 5.31. The van der Waals surface area contributed by atoms with E-state index < -0.39 is 23.6 Å². The van der Waals surface area contributed by atoms with Crippen LogP contribution in [0.5, 0.6) is 5.75 Å². The maximum atomic E-state index is 13.2. The van der Waals surface area contributed by atoms with E-state index in [4.69, 9.17) is 0 Å². The van der Waals surface area contributed by atoms with Crippen molar-refractivity contribution < 1.29 is 27.1 Å². The van der Waals surface area contributed by atoms with E-state index in [1.54, 1.807) is 18.2 Å². The summed E-state index contributed by atoms with van der Waals surface area (Å²) in [6, 6.07) is 13.8. The second-order valence-electron chi connectivity index (χ2n) is 7.76. The quantitative estimate of drug-likeness (QED) is 0.534. The van der Waals surface area contributed by atoms with Crippen molar-refractivity contribution in [2.45, 2.75) is 12.9 Å². The van der Waals surface area contributed by atoms with Gasteiger partial charge in [-0.1, -0.05) is 0 Å². The number of benzene rings is 2. The predicted octanol–water partition coefficient (Wildman–Crippen LogP) is 3.25. The Balaban J connectivity index is 1.35. The predicted molar refractivity (Wildman–Crippen MR) is 121 cm³/mol. The number of hydrogen-bond donors (Lipinski definition) is 1. The van der Waals surface area contributed by atoms with Crippen molar-refractivity contribution in [2.75, 3.05) is 41.3 Å². The first-order valence-corrected chi connectivity index (χ1v) is 10.7. The molecule has 1 aliphatic heterocycles. The van der Waals surface area contributed by atoms with E-state index in [0.717, 1.165) is 22.5 Å². The number of piperazine rings is 1. The van der Waals surface area contributed by atoms with Gasteiger partial charge in [-0.15, -0.1) is 13.2 Å². The number of anilines is 3. The van der Waals surface area contributed by atoms with Gasteiger partial charge in [-0.3, -0.25) is 9.59 Å². The van der Waals surface area contributed by atoms with Crippen LogP contribution in [0.3, 0.4) is 0 Å². The molecule has 0 atom stereocenters. The summed E-state index contributed by atoms with van der Waals surface area (Å²) in [6.45, 7) is 2.19. The molecule has 0 spiro atoms. The maximum absolute atomic E-state index is 13.2. The largest absolute Gasteiger partial charge is 0.573 e. The zero-order valence-corrected chi connectivity index (χ0v) is 18.3. The van der Waals surface area contributed by atoms with Gasteiger partial charge in [0.1, 0.15) is 23.9 Å². The molecule has 2 aromatic carbocycles. The normalized spacial score (nSPS) is 14.1. The first-order valence-electron chi connectivity index (χ1n) is 10.7. The summed E-state index contributed by atoms with van der Waals surface area (Å²) in [6.07, 6.45) is -4.81. The van der Waals surface area contributed by atoms with Crippen LogP contribution >= 0.6 is 0 Å². The SMILES string of the molecule is O=C(Cn1nc(N2CCN(c3ccc(F)cc3)CC2)ccc1=O)Nc1ccc(OC(F)(F)F)cc1. The summed E-state index contributed by atoms with van der Waals surface area (Å²) >= 11 is 0. The summed E-state index contributed by atoms with van der Waals surface area (Å²) in [7, 11) is 0. The molecule has 0 aliphatic carbocycles. The lowest BCUT2D eigenvalue weighted by atomic mass is 10.2. The second-order valence-corrected chi connectivity index (χ2v) is 7.76. The number of carbonyl (C=O) groups excluding carboxylic acids is 1. The minimum atomic E-state index is -4.81. The number of rotatable bonds is 6. The van der Waals surface area contributed by atoms with Crippen LogP contribution in [0.15, 0.2) is 65.5 Å². The lowest BCUT2D eigenvalue weighted by molar-refractivity contribution is -0.274. The third kappa shape index (κ3) is 6.49. The molecule has 1 amide bonds. The van der Waals surface area contributed by atoms with Crippen LogP contribution in [-0.2, 0) is 11.3 Å². The van der Waals surface area contributed by atoms with E-state index in [0.29, 0.717) is 32.0 Å². The number of nitrogens with zero attached hydrogens (tertiary/aromatic N) is 4. The molecule has 0 unspecified atom stereocenters. The van der Waals surface area contributed by atoms with Crippen LogP contribution in [0.2, 0.25) is 0 Å². The summed E-state index contributed by atoms with van der Waals surface area (Å²) in [4.78, 5) is 28.7.